The molecule has 0 spiro atoms. The molecule has 3 rings (SSSR count). The van der Waals surface area contributed by atoms with E-state index in [1.165, 1.54) is 18.4 Å². The third-order valence-corrected chi connectivity index (χ3v) is 4.45. The quantitative estimate of drug-likeness (QED) is 0.844. The molecule has 0 saturated carbocycles. The van der Waals surface area contributed by atoms with Crippen LogP contribution in [0.4, 0.5) is 5.69 Å². The number of nitrogens with one attached hydrogen (secondary N) is 1. The van der Waals surface area contributed by atoms with Gasteiger partial charge in [0.25, 0.3) is 0 Å². The maximum Gasteiger partial charge on any atom is 0.0755 e. The standard InChI is InChI=1S/C16H23ClN2O/c1-2-7-18-9-12-3-6-16(15(17)8-12)19-10-13-4-5-14(11-19)20-13/h3,6,8,13-14,18H,2,4-5,7,9-11H2,1H3. The molecule has 2 unspecified atom stereocenters. The van der Waals surface area contributed by atoms with Gasteiger partial charge in [0.2, 0.25) is 0 Å². The van der Waals surface area contributed by atoms with Crippen LogP contribution >= 0.6 is 11.6 Å². The van der Waals surface area contributed by atoms with Gasteiger partial charge in [0, 0.05) is 19.6 Å². The van der Waals surface area contributed by atoms with E-state index in [9.17, 15) is 0 Å². The lowest BCUT2D eigenvalue weighted by molar-refractivity contribution is 0.0305. The van der Waals surface area contributed by atoms with Gasteiger partial charge in [-0.25, -0.2) is 0 Å². The second kappa shape index (κ2) is 6.33. The Kier molecular flexibility index (Phi) is 4.49. The molecule has 110 valence electrons. The van der Waals surface area contributed by atoms with Gasteiger partial charge in [-0.3, -0.25) is 0 Å². The van der Waals surface area contributed by atoms with E-state index in [4.69, 9.17) is 16.3 Å². The zero-order valence-corrected chi connectivity index (χ0v) is 12.8. The lowest BCUT2D eigenvalue weighted by Crippen LogP contribution is -2.42. The van der Waals surface area contributed by atoms with Gasteiger partial charge < -0.3 is 15.0 Å². The lowest BCUT2D eigenvalue weighted by Gasteiger charge is -2.34. The number of fused-ring (bicyclic) bond motifs is 2. The van der Waals surface area contributed by atoms with Crippen molar-refractivity contribution < 1.29 is 4.74 Å². The van der Waals surface area contributed by atoms with Crippen LogP contribution in [-0.2, 0) is 11.3 Å². The summed E-state index contributed by atoms with van der Waals surface area (Å²) in [6.07, 6.45) is 4.34. The molecule has 2 saturated heterocycles. The van der Waals surface area contributed by atoms with Gasteiger partial charge in [-0.1, -0.05) is 24.6 Å². The number of hydrogen-bond acceptors (Lipinski definition) is 3. The molecule has 4 heteroatoms. The summed E-state index contributed by atoms with van der Waals surface area (Å²) in [5.41, 5.74) is 2.41. The lowest BCUT2D eigenvalue weighted by atomic mass is 10.1. The number of benzene rings is 1. The highest BCUT2D eigenvalue weighted by Gasteiger charge is 2.34. The van der Waals surface area contributed by atoms with E-state index >= 15 is 0 Å². The summed E-state index contributed by atoms with van der Waals surface area (Å²) < 4.78 is 5.88. The maximum absolute atomic E-state index is 6.48. The van der Waals surface area contributed by atoms with Gasteiger partial charge in [0.1, 0.15) is 0 Å². The summed E-state index contributed by atoms with van der Waals surface area (Å²) in [4.78, 5) is 2.39. The van der Waals surface area contributed by atoms with Crippen molar-refractivity contribution in [1.29, 1.82) is 0 Å². The Labute approximate surface area is 126 Å². The molecule has 3 nitrogen and oxygen atoms in total. The maximum atomic E-state index is 6.48. The van der Waals surface area contributed by atoms with Crippen LogP contribution in [0.2, 0.25) is 5.02 Å². The second-order valence-corrected chi connectivity index (χ2v) is 6.23. The molecule has 2 aliphatic rings. The van der Waals surface area contributed by atoms with Crippen LogP contribution in [0, 0.1) is 0 Å². The SMILES string of the molecule is CCCNCc1ccc(N2CC3CCC(C2)O3)c(Cl)c1. The van der Waals surface area contributed by atoms with Crippen molar-refractivity contribution >= 4 is 17.3 Å². The minimum Gasteiger partial charge on any atom is -0.371 e. The van der Waals surface area contributed by atoms with Crippen LogP contribution in [0.25, 0.3) is 0 Å². The number of hydrogen-bond donors (Lipinski definition) is 1. The van der Waals surface area contributed by atoms with E-state index in [0.29, 0.717) is 12.2 Å². The van der Waals surface area contributed by atoms with E-state index in [1.807, 2.05) is 0 Å². The van der Waals surface area contributed by atoms with Crippen LogP contribution in [0.1, 0.15) is 31.7 Å². The monoisotopic (exact) mass is 294 g/mol. The third kappa shape index (κ3) is 3.11. The highest BCUT2D eigenvalue weighted by atomic mass is 35.5. The van der Waals surface area contributed by atoms with E-state index in [0.717, 1.165) is 43.3 Å². The average molecular weight is 295 g/mol. The van der Waals surface area contributed by atoms with Crippen LogP contribution in [-0.4, -0.2) is 31.8 Å². The van der Waals surface area contributed by atoms with Gasteiger partial charge in [0.05, 0.1) is 22.9 Å². The first kappa shape index (κ1) is 14.2. The summed E-state index contributed by atoms with van der Waals surface area (Å²) in [6.45, 7) is 6.07. The Balaban J connectivity index is 1.67. The summed E-state index contributed by atoms with van der Waals surface area (Å²) in [7, 11) is 0. The minimum atomic E-state index is 0.399. The minimum absolute atomic E-state index is 0.399. The molecule has 2 heterocycles. The van der Waals surface area contributed by atoms with Crippen LogP contribution in [0.15, 0.2) is 18.2 Å². The smallest absolute Gasteiger partial charge is 0.0755 e. The first-order valence-corrected chi connectivity index (χ1v) is 8.03. The van der Waals surface area contributed by atoms with Gasteiger partial charge in [-0.2, -0.15) is 0 Å². The zero-order chi connectivity index (χ0) is 13.9. The Morgan fingerprint density at radius 2 is 2.05 bits per heavy atom. The van der Waals surface area contributed by atoms with Crippen molar-refractivity contribution in [2.75, 3.05) is 24.5 Å². The number of morpholine rings is 1. The zero-order valence-electron chi connectivity index (χ0n) is 12.1. The van der Waals surface area contributed by atoms with Crippen molar-refractivity contribution in [2.24, 2.45) is 0 Å². The van der Waals surface area contributed by atoms with Crippen molar-refractivity contribution in [2.45, 2.75) is 44.9 Å². The van der Waals surface area contributed by atoms with Gasteiger partial charge in [-0.05, 0) is 43.5 Å². The first-order chi connectivity index (χ1) is 9.76. The highest BCUT2D eigenvalue weighted by molar-refractivity contribution is 6.33. The molecular weight excluding hydrogens is 272 g/mol. The van der Waals surface area contributed by atoms with Crippen molar-refractivity contribution in [3.05, 3.63) is 28.8 Å². The fourth-order valence-electron chi connectivity index (χ4n) is 3.14. The van der Waals surface area contributed by atoms with Gasteiger partial charge in [0.15, 0.2) is 0 Å². The largest absolute Gasteiger partial charge is 0.371 e. The predicted octanol–water partition coefficient (Wildman–Crippen LogP) is 3.21. The summed E-state index contributed by atoms with van der Waals surface area (Å²) in [5, 5.41) is 4.27. The molecule has 2 fully saturated rings. The fraction of sp³-hybridized carbons (Fsp3) is 0.625. The Bertz CT molecular complexity index is 454. The molecule has 0 radical (unpaired) electrons. The van der Waals surface area contributed by atoms with Gasteiger partial charge in [-0.15, -0.1) is 0 Å². The molecule has 2 atom stereocenters. The fourth-order valence-corrected chi connectivity index (χ4v) is 3.46. The molecule has 0 aromatic heterocycles. The molecule has 0 aliphatic carbocycles. The Morgan fingerprint density at radius 1 is 1.30 bits per heavy atom. The second-order valence-electron chi connectivity index (χ2n) is 5.82. The first-order valence-electron chi connectivity index (χ1n) is 7.66. The van der Waals surface area contributed by atoms with Gasteiger partial charge >= 0.3 is 0 Å². The number of ether oxygens (including phenoxy) is 1. The molecule has 20 heavy (non-hydrogen) atoms. The van der Waals surface area contributed by atoms with Crippen LogP contribution in [0.3, 0.4) is 0 Å². The highest BCUT2D eigenvalue weighted by Crippen LogP contribution is 2.33. The average Bonchev–Trinajstić information content (AvgIpc) is 2.78. The predicted molar refractivity (Wildman–Crippen MR) is 83.6 cm³/mol. The number of nitrogens with zero attached hydrogens (tertiary/aromatic N) is 1. The topological polar surface area (TPSA) is 24.5 Å². The number of anilines is 1. The summed E-state index contributed by atoms with van der Waals surface area (Å²) in [5.74, 6) is 0. The summed E-state index contributed by atoms with van der Waals surface area (Å²) >= 11 is 6.48. The van der Waals surface area contributed by atoms with E-state index in [2.05, 4.69) is 35.3 Å². The molecule has 2 aliphatic heterocycles. The van der Waals surface area contributed by atoms with E-state index in [-0.39, 0.29) is 0 Å². The van der Waals surface area contributed by atoms with Crippen LogP contribution < -0.4 is 10.2 Å². The molecule has 0 amide bonds. The van der Waals surface area contributed by atoms with E-state index < -0.39 is 0 Å². The molecule has 1 aromatic rings. The third-order valence-electron chi connectivity index (χ3n) is 4.15. The molecule has 2 bridgehead atoms. The Hall–Kier alpha value is -0.770. The van der Waals surface area contributed by atoms with Crippen molar-refractivity contribution in [1.82, 2.24) is 5.32 Å². The molecule has 1 N–H and O–H groups in total. The van der Waals surface area contributed by atoms with E-state index in [1.54, 1.807) is 0 Å². The summed E-state index contributed by atoms with van der Waals surface area (Å²) in [6, 6.07) is 6.44. The normalized spacial score (nSPS) is 25.2. The van der Waals surface area contributed by atoms with Crippen molar-refractivity contribution in [3.63, 3.8) is 0 Å². The van der Waals surface area contributed by atoms with Crippen molar-refractivity contribution in [3.8, 4) is 0 Å². The molecular formula is C16H23ClN2O. The Morgan fingerprint density at radius 3 is 2.70 bits per heavy atom. The van der Waals surface area contributed by atoms with Crippen LogP contribution in [0.5, 0.6) is 0 Å². The number of halogens is 1. The molecule has 1 aromatic carbocycles. The number of rotatable bonds is 5.